The van der Waals surface area contributed by atoms with Crippen LogP contribution in [0.1, 0.15) is 41.5 Å². The molecule has 4 aromatic carbocycles. The number of nitrogens with one attached hydrogen (secondary N) is 2. The van der Waals surface area contributed by atoms with Crippen LogP contribution < -0.4 is 10.6 Å². The molecule has 0 spiro atoms. The van der Waals surface area contributed by atoms with Gasteiger partial charge in [-0.1, -0.05) is 121 Å². The van der Waals surface area contributed by atoms with E-state index in [1.807, 2.05) is 48.5 Å². The molecule has 0 aromatic heterocycles. The summed E-state index contributed by atoms with van der Waals surface area (Å²) in [6, 6.07) is 32.2. The third kappa shape index (κ3) is 13.3. The minimum atomic E-state index is -1.45. The van der Waals surface area contributed by atoms with Crippen LogP contribution in [0.3, 0.4) is 0 Å². The van der Waals surface area contributed by atoms with E-state index in [1.165, 1.54) is 0 Å². The Balaban J connectivity index is 1.40. The fourth-order valence-electron chi connectivity index (χ4n) is 4.50. The minimum Gasteiger partial charge on any atom is -0.461 e. The second-order valence-corrected chi connectivity index (χ2v) is 10.9. The number of esters is 4. The highest BCUT2D eigenvalue weighted by Gasteiger charge is 2.29. The third-order valence-corrected chi connectivity index (χ3v) is 7.12. The van der Waals surface area contributed by atoms with Crippen molar-refractivity contribution in [2.24, 2.45) is 0 Å². The largest absolute Gasteiger partial charge is 0.461 e. The van der Waals surface area contributed by atoms with Gasteiger partial charge in [0.2, 0.25) is 0 Å². The molecule has 0 saturated carbocycles. The zero-order valence-electron chi connectivity index (χ0n) is 26.8. The zero-order valence-corrected chi connectivity index (χ0v) is 26.8. The molecule has 0 aliphatic heterocycles. The van der Waals surface area contributed by atoms with E-state index < -0.39 is 48.4 Å². The van der Waals surface area contributed by atoms with E-state index in [-0.39, 0.29) is 39.3 Å². The lowest BCUT2D eigenvalue weighted by atomic mass is 10.1. The van der Waals surface area contributed by atoms with Gasteiger partial charge in [0.15, 0.2) is 0 Å². The van der Waals surface area contributed by atoms with Gasteiger partial charge in [-0.2, -0.15) is 0 Å². The van der Waals surface area contributed by atoms with Crippen LogP contribution in [0, 0.1) is 0 Å². The molecule has 0 aliphatic rings. The second-order valence-electron chi connectivity index (χ2n) is 10.9. The lowest BCUT2D eigenvalue weighted by molar-refractivity contribution is -0.154. The molecule has 2 amide bonds. The summed E-state index contributed by atoms with van der Waals surface area (Å²) in [7, 11) is 0. The molecule has 0 bridgehead atoms. The van der Waals surface area contributed by atoms with Crippen LogP contribution >= 0.6 is 0 Å². The molecular formula is C38H38N2O9. The van der Waals surface area contributed by atoms with Crippen molar-refractivity contribution in [3.63, 3.8) is 0 Å². The minimum absolute atomic E-state index is 0.0344. The van der Waals surface area contributed by atoms with Gasteiger partial charge in [-0.05, 0) is 28.7 Å². The lowest BCUT2D eigenvalue weighted by Gasteiger charge is -2.21. The van der Waals surface area contributed by atoms with E-state index in [0.29, 0.717) is 5.56 Å². The summed E-state index contributed by atoms with van der Waals surface area (Å²) in [5.74, 6) is -3.04. The van der Waals surface area contributed by atoms with Gasteiger partial charge in [0.25, 0.3) is 0 Å². The number of carbonyl (C=O) groups excluding carboxylic acids is 5. The molecule has 0 radical (unpaired) electrons. The number of benzene rings is 4. The zero-order chi connectivity index (χ0) is 34.7. The van der Waals surface area contributed by atoms with Crippen molar-refractivity contribution in [2.75, 3.05) is 0 Å². The summed E-state index contributed by atoms with van der Waals surface area (Å²) in [6.45, 7) is -0.158. The number of carbonyl (C=O) groups is 5. The van der Waals surface area contributed by atoms with Crippen molar-refractivity contribution in [3.05, 3.63) is 144 Å². The SMILES string of the molecule is O=C(N[C@@H](CCC(=O)OCc1ccccc1)C(=O)OCc1ccccc1)N[C@@H](CC(=O)OCc1ccccc1)C(=O)OCc1ccccc1. The van der Waals surface area contributed by atoms with Crippen LogP contribution in [0.25, 0.3) is 0 Å². The number of urea groups is 1. The molecule has 254 valence electrons. The number of ether oxygens (including phenoxy) is 4. The van der Waals surface area contributed by atoms with Crippen LogP contribution in [0.4, 0.5) is 4.79 Å². The number of amides is 2. The maximum atomic E-state index is 13.2. The van der Waals surface area contributed by atoms with Crippen molar-refractivity contribution in [3.8, 4) is 0 Å². The topological polar surface area (TPSA) is 146 Å². The summed E-state index contributed by atoms with van der Waals surface area (Å²) in [5, 5.41) is 4.91. The molecule has 49 heavy (non-hydrogen) atoms. The summed E-state index contributed by atoms with van der Waals surface area (Å²) in [5.41, 5.74) is 2.95. The van der Waals surface area contributed by atoms with Gasteiger partial charge in [-0.25, -0.2) is 14.4 Å². The molecule has 2 N–H and O–H groups in total. The first-order valence-electron chi connectivity index (χ1n) is 15.7. The van der Waals surface area contributed by atoms with Crippen LogP contribution in [0.2, 0.25) is 0 Å². The van der Waals surface area contributed by atoms with E-state index in [4.69, 9.17) is 18.9 Å². The molecule has 4 rings (SSSR count). The Hall–Kier alpha value is -5.97. The fourth-order valence-corrected chi connectivity index (χ4v) is 4.50. The summed E-state index contributed by atoms with van der Waals surface area (Å²) >= 11 is 0. The molecule has 11 nitrogen and oxygen atoms in total. The van der Waals surface area contributed by atoms with Gasteiger partial charge in [0, 0.05) is 6.42 Å². The van der Waals surface area contributed by atoms with Crippen LogP contribution in [-0.4, -0.2) is 42.0 Å². The molecular weight excluding hydrogens is 628 g/mol. The van der Waals surface area contributed by atoms with Crippen LogP contribution in [-0.2, 0) is 64.6 Å². The molecule has 0 aliphatic carbocycles. The molecule has 4 aromatic rings. The summed E-state index contributed by atoms with van der Waals surface area (Å²) in [6.07, 6.45) is -0.910. The maximum Gasteiger partial charge on any atom is 0.329 e. The Kier molecular flexibility index (Phi) is 14.4. The van der Waals surface area contributed by atoms with E-state index in [2.05, 4.69) is 10.6 Å². The molecule has 2 atom stereocenters. The maximum absolute atomic E-state index is 13.2. The average molecular weight is 667 g/mol. The van der Waals surface area contributed by atoms with E-state index in [1.54, 1.807) is 72.8 Å². The smallest absolute Gasteiger partial charge is 0.329 e. The van der Waals surface area contributed by atoms with E-state index in [9.17, 15) is 24.0 Å². The molecule has 0 heterocycles. The standard InChI is InChI=1S/C38H38N2O9/c41-34(46-24-28-13-5-1-6-14-28)22-21-32(36(43)48-26-30-17-9-3-10-18-30)39-38(45)40-33(37(44)49-27-31-19-11-4-12-20-31)23-35(42)47-25-29-15-7-2-8-16-29/h1-20,32-33H,21-27H2,(H2,39,40,45)/t32-,33-/m0/s1. The van der Waals surface area contributed by atoms with E-state index >= 15 is 0 Å². The first-order chi connectivity index (χ1) is 23.9. The first-order valence-corrected chi connectivity index (χ1v) is 15.7. The number of hydrogen-bond acceptors (Lipinski definition) is 9. The Bertz CT molecular complexity index is 1640. The normalized spacial score (nSPS) is 11.7. The highest BCUT2D eigenvalue weighted by atomic mass is 16.5. The Labute approximate surface area is 284 Å². The quantitative estimate of drug-likeness (QED) is 0.115. The highest BCUT2D eigenvalue weighted by molar-refractivity contribution is 5.89. The van der Waals surface area contributed by atoms with Gasteiger partial charge in [0.05, 0.1) is 6.42 Å². The highest BCUT2D eigenvalue weighted by Crippen LogP contribution is 2.10. The average Bonchev–Trinajstić information content (AvgIpc) is 3.14. The second kappa shape index (κ2) is 19.6. The van der Waals surface area contributed by atoms with Crippen LogP contribution in [0.15, 0.2) is 121 Å². The predicted molar refractivity (Wildman–Crippen MR) is 178 cm³/mol. The number of rotatable bonds is 17. The van der Waals surface area contributed by atoms with Gasteiger partial charge in [0.1, 0.15) is 38.5 Å². The Morgan fingerprint density at radius 2 is 0.796 bits per heavy atom. The van der Waals surface area contributed by atoms with Gasteiger partial charge < -0.3 is 29.6 Å². The molecule has 0 unspecified atom stereocenters. The van der Waals surface area contributed by atoms with Crippen molar-refractivity contribution in [2.45, 2.75) is 57.8 Å². The van der Waals surface area contributed by atoms with Crippen molar-refractivity contribution in [1.82, 2.24) is 10.6 Å². The lowest BCUT2D eigenvalue weighted by Crippen LogP contribution is -2.52. The van der Waals surface area contributed by atoms with Crippen molar-refractivity contribution >= 4 is 29.9 Å². The summed E-state index contributed by atoms with van der Waals surface area (Å²) < 4.78 is 21.5. The number of hydrogen-bond donors (Lipinski definition) is 2. The van der Waals surface area contributed by atoms with Gasteiger partial charge >= 0.3 is 29.9 Å². The Morgan fingerprint density at radius 3 is 1.22 bits per heavy atom. The predicted octanol–water partition coefficient (Wildman–Crippen LogP) is 5.17. The van der Waals surface area contributed by atoms with Crippen molar-refractivity contribution in [1.29, 1.82) is 0 Å². The van der Waals surface area contributed by atoms with Gasteiger partial charge in [-0.15, -0.1) is 0 Å². The fraction of sp³-hybridized carbons (Fsp3) is 0.237. The van der Waals surface area contributed by atoms with Crippen LogP contribution in [0.5, 0.6) is 0 Å². The molecule has 0 fully saturated rings. The summed E-state index contributed by atoms with van der Waals surface area (Å²) in [4.78, 5) is 64.8. The van der Waals surface area contributed by atoms with E-state index in [0.717, 1.165) is 16.7 Å². The van der Waals surface area contributed by atoms with Gasteiger partial charge in [-0.3, -0.25) is 9.59 Å². The molecule has 11 heteroatoms. The molecule has 0 saturated heterocycles. The monoisotopic (exact) mass is 666 g/mol. The Morgan fingerprint density at radius 1 is 0.449 bits per heavy atom. The van der Waals surface area contributed by atoms with Crippen molar-refractivity contribution < 1.29 is 42.9 Å². The third-order valence-electron chi connectivity index (χ3n) is 7.12. The first kappa shape index (κ1) is 35.9.